The molecule has 0 aromatic carbocycles. The largest absolute Gasteiger partial charge is 0.394 e. The van der Waals surface area contributed by atoms with Crippen molar-refractivity contribution < 1.29 is 5.11 Å². The molecular weight excluding hydrogens is 178 g/mol. The number of nitrogens with two attached hydrogens (primary N) is 1. The first-order valence-electron chi connectivity index (χ1n) is 5.12. The fraction of sp³-hybridized carbons (Fsp3) is 0.700. The summed E-state index contributed by atoms with van der Waals surface area (Å²) in [5.41, 5.74) is 5.93. The van der Waals surface area contributed by atoms with E-state index in [1.807, 2.05) is 24.6 Å². The summed E-state index contributed by atoms with van der Waals surface area (Å²) in [5, 5.41) is 9.29. The normalized spacial score (nSPS) is 15.4. The Bertz CT molecular complexity index is 272. The van der Waals surface area contributed by atoms with Crippen molar-refractivity contribution in [2.24, 2.45) is 5.73 Å². The maximum Gasteiger partial charge on any atom is 0.108 e. The Morgan fingerprint density at radius 1 is 1.57 bits per heavy atom. The van der Waals surface area contributed by atoms with Gasteiger partial charge in [-0.05, 0) is 6.42 Å². The number of rotatable bonds is 5. The lowest BCUT2D eigenvalue weighted by atomic mass is 10.1. The van der Waals surface area contributed by atoms with E-state index in [2.05, 4.69) is 4.98 Å². The van der Waals surface area contributed by atoms with Crippen molar-refractivity contribution in [1.29, 1.82) is 0 Å². The number of aromatic nitrogens is 2. The van der Waals surface area contributed by atoms with Crippen LogP contribution in [0.15, 0.2) is 12.4 Å². The molecule has 0 saturated carbocycles. The first-order valence-corrected chi connectivity index (χ1v) is 5.12. The number of hydrogen-bond acceptors (Lipinski definition) is 3. The molecule has 0 radical (unpaired) electrons. The van der Waals surface area contributed by atoms with E-state index in [4.69, 9.17) is 5.73 Å². The molecule has 1 heterocycles. The fourth-order valence-corrected chi connectivity index (χ4v) is 1.62. The molecule has 0 saturated heterocycles. The van der Waals surface area contributed by atoms with Crippen LogP contribution in [0.5, 0.6) is 0 Å². The Balaban J connectivity index is 2.88. The summed E-state index contributed by atoms with van der Waals surface area (Å²) in [6.45, 7) is 4.14. The van der Waals surface area contributed by atoms with Gasteiger partial charge in [-0.1, -0.05) is 13.8 Å². The van der Waals surface area contributed by atoms with Crippen molar-refractivity contribution in [3.8, 4) is 0 Å². The second-order valence-electron chi connectivity index (χ2n) is 3.43. The van der Waals surface area contributed by atoms with E-state index in [-0.39, 0.29) is 18.7 Å². The summed E-state index contributed by atoms with van der Waals surface area (Å²) in [6.07, 6.45) is 5.35. The lowest BCUT2D eigenvalue weighted by molar-refractivity contribution is 0.202. The van der Waals surface area contributed by atoms with Crippen molar-refractivity contribution in [2.75, 3.05) is 6.61 Å². The van der Waals surface area contributed by atoms with Crippen molar-refractivity contribution in [3.63, 3.8) is 0 Å². The van der Waals surface area contributed by atoms with Crippen LogP contribution < -0.4 is 5.73 Å². The van der Waals surface area contributed by atoms with Crippen LogP contribution in [0.25, 0.3) is 0 Å². The Kier molecular flexibility index (Phi) is 4.10. The van der Waals surface area contributed by atoms with Crippen molar-refractivity contribution >= 4 is 0 Å². The van der Waals surface area contributed by atoms with Gasteiger partial charge < -0.3 is 15.4 Å². The van der Waals surface area contributed by atoms with Crippen LogP contribution in [0, 0.1) is 0 Å². The van der Waals surface area contributed by atoms with Gasteiger partial charge in [0.15, 0.2) is 0 Å². The summed E-state index contributed by atoms with van der Waals surface area (Å²) in [7, 11) is 0. The van der Waals surface area contributed by atoms with Gasteiger partial charge in [-0.15, -0.1) is 0 Å². The van der Waals surface area contributed by atoms with Gasteiger partial charge in [-0.2, -0.15) is 0 Å². The topological polar surface area (TPSA) is 64.1 Å². The van der Waals surface area contributed by atoms with E-state index < -0.39 is 0 Å². The number of aryl methyl sites for hydroxylation is 1. The summed E-state index contributed by atoms with van der Waals surface area (Å²) in [6, 6.07) is -0.0584. The molecule has 3 N–H and O–H groups in total. The summed E-state index contributed by atoms with van der Waals surface area (Å²) in [4.78, 5) is 4.22. The van der Waals surface area contributed by atoms with Crippen LogP contribution in [-0.4, -0.2) is 27.3 Å². The SMILES string of the molecule is CCc1nccn1C(CO)C(N)CC. The molecule has 0 bridgehead atoms. The molecule has 0 aliphatic rings. The molecule has 80 valence electrons. The molecule has 1 rings (SSSR count). The molecule has 1 aromatic heterocycles. The van der Waals surface area contributed by atoms with Crippen LogP contribution in [-0.2, 0) is 6.42 Å². The maximum atomic E-state index is 9.29. The number of aliphatic hydroxyl groups excluding tert-OH is 1. The van der Waals surface area contributed by atoms with E-state index in [0.29, 0.717) is 0 Å². The summed E-state index contributed by atoms with van der Waals surface area (Å²) in [5.74, 6) is 0.980. The van der Waals surface area contributed by atoms with Crippen LogP contribution in [0.4, 0.5) is 0 Å². The molecule has 2 unspecified atom stereocenters. The molecule has 2 atom stereocenters. The van der Waals surface area contributed by atoms with E-state index >= 15 is 0 Å². The monoisotopic (exact) mass is 197 g/mol. The molecule has 0 aliphatic carbocycles. The minimum atomic E-state index is -0.0440. The van der Waals surface area contributed by atoms with Gasteiger partial charge >= 0.3 is 0 Å². The molecule has 0 spiro atoms. The highest BCUT2D eigenvalue weighted by Crippen LogP contribution is 2.14. The minimum Gasteiger partial charge on any atom is -0.394 e. The van der Waals surface area contributed by atoms with E-state index in [1.54, 1.807) is 6.20 Å². The molecule has 0 fully saturated rings. The molecule has 14 heavy (non-hydrogen) atoms. The summed E-state index contributed by atoms with van der Waals surface area (Å²) < 4.78 is 1.98. The number of imidazole rings is 1. The van der Waals surface area contributed by atoms with E-state index in [9.17, 15) is 5.11 Å². The average molecular weight is 197 g/mol. The Morgan fingerprint density at radius 2 is 2.29 bits per heavy atom. The molecule has 4 nitrogen and oxygen atoms in total. The second kappa shape index (κ2) is 5.12. The lowest BCUT2D eigenvalue weighted by Crippen LogP contribution is -2.34. The van der Waals surface area contributed by atoms with Crippen molar-refractivity contribution in [3.05, 3.63) is 18.2 Å². The first-order chi connectivity index (χ1) is 6.74. The standard InChI is InChI=1S/C10H19N3O/c1-3-8(11)9(7-14)13-6-5-12-10(13)4-2/h5-6,8-9,14H,3-4,7,11H2,1-2H3. The predicted molar refractivity (Wildman–Crippen MR) is 56.0 cm³/mol. The zero-order valence-corrected chi connectivity index (χ0v) is 8.85. The highest BCUT2D eigenvalue weighted by molar-refractivity contribution is 4.97. The Labute approximate surface area is 84.8 Å². The number of nitrogens with zero attached hydrogens (tertiary/aromatic N) is 2. The third-order valence-electron chi connectivity index (χ3n) is 2.58. The summed E-state index contributed by atoms with van der Waals surface area (Å²) >= 11 is 0. The second-order valence-corrected chi connectivity index (χ2v) is 3.43. The highest BCUT2D eigenvalue weighted by atomic mass is 16.3. The van der Waals surface area contributed by atoms with Crippen molar-refractivity contribution in [2.45, 2.75) is 38.8 Å². The average Bonchev–Trinajstić information content (AvgIpc) is 2.66. The molecule has 0 aliphatic heterocycles. The zero-order chi connectivity index (χ0) is 10.6. The number of aliphatic hydroxyl groups is 1. The van der Waals surface area contributed by atoms with E-state index in [1.165, 1.54) is 0 Å². The third-order valence-corrected chi connectivity index (χ3v) is 2.58. The van der Waals surface area contributed by atoms with Crippen LogP contribution in [0.1, 0.15) is 32.1 Å². The lowest BCUT2D eigenvalue weighted by Gasteiger charge is -2.23. The van der Waals surface area contributed by atoms with Gasteiger partial charge in [0.05, 0.1) is 12.6 Å². The fourth-order valence-electron chi connectivity index (χ4n) is 1.62. The highest BCUT2D eigenvalue weighted by Gasteiger charge is 2.18. The van der Waals surface area contributed by atoms with Gasteiger partial charge in [-0.3, -0.25) is 0 Å². The third kappa shape index (κ3) is 2.13. The van der Waals surface area contributed by atoms with E-state index in [0.717, 1.165) is 18.7 Å². The Hall–Kier alpha value is -0.870. The van der Waals surface area contributed by atoms with Crippen molar-refractivity contribution in [1.82, 2.24) is 9.55 Å². The first kappa shape index (κ1) is 11.2. The van der Waals surface area contributed by atoms with Gasteiger partial charge in [-0.25, -0.2) is 4.98 Å². The number of hydrogen-bond donors (Lipinski definition) is 2. The van der Waals surface area contributed by atoms with Gasteiger partial charge in [0.2, 0.25) is 0 Å². The van der Waals surface area contributed by atoms with Crippen LogP contribution in [0.2, 0.25) is 0 Å². The van der Waals surface area contributed by atoms with Crippen LogP contribution >= 0.6 is 0 Å². The van der Waals surface area contributed by atoms with Crippen LogP contribution in [0.3, 0.4) is 0 Å². The zero-order valence-electron chi connectivity index (χ0n) is 8.85. The smallest absolute Gasteiger partial charge is 0.108 e. The molecule has 4 heteroatoms. The predicted octanol–water partition coefficient (Wildman–Crippen LogP) is 0.716. The minimum absolute atomic E-state index is 0.0144. The Morgan fingerprint density at radius 3 is 2.79 bits per heavy atom. The molecular formula is C10H19N3O. The quantitative estimate of drug-likeness (QED) is 0.731. The van der Waals surface area contributed by atoms with Gasteiger partial charge in [0, 0.05) is 24.9 Å². The van der Waals surface area contributed by atoms with Gasteiger partial charge in [0.25, 0.3) is 0 Å². The maximum absolute atomic E-state index is 9.29. The molecule has 0 amide bonds. The van der Waals surface area contributed by atoms with Gasteiger partial charge in [0.1, 0.15) is 5.82 Å². The molecule has 1 aromatic rings.